The van der Waals surface area contributed by atoms with Crippen molar-refractivity contribution in [1.82, 2.24) is 15.3 Å². The van der Waals surface area contributed by atoms with E-state index >= 15 is 0 Å². The first-order valence-electron chi connectivity index (χ1n) is 8.11. The molecule has 0 aliphatic rings. The van der Waals surface area contributed by atoms with Gasteiger partial charge >= 0.3 is 11.9 Å². The van der Waals surface area contributed by atoms with Gasteiger partial charge in [-0.15, -0.1) is 0 Å². The maximum atomic E-state index is 12.4. The van der Waals surface area contributed by atoms with E-state index < -0.39 is 23.9 Å². The van der Waals surface area contributed by atoms with E-state index in [0.717, 1.165) is 16.5 Å². The first kappa shape index (κ1) is 18.1. The number of fused-ring (bicyclic) bond motifs is 1. The molecule has 1 amide bonds. The fourth-order valence-corrected chi connectivity index (χ4v) is 2.76. The molecule has 0 unspecified atom stereocenters. The molecule has 138 valence electrons. The lowest BCUT2D eigenvalue weighted by Gasteiger charge is -2.14. The Bertz CT molecular complexity index is 1010. The van der Waals surface area contributed by atoms with Gasteiger partial charge in [-0.25, -0.2) is 9.59 Å². The summed E-state index contributed by atoms with van der Waals surface area (Å²) in [6.45, 7) is 0. The molecule has 8 nitrogen and oxygen atoms in total. The number of ether oxygens (including phenoxy) is 1. The van der Waals surface area contributed by atoms with Gasteiger partial charge in [-0.05, 0) is 17.7 Å². The first-order chi connectivity index (χ1) is 13.0. The summed E-state index contributed by atoms with van der Waals surface area (Å²) in [6, 6.07) is 7.67. The van der Waals surface area contributed by atoms with Crippen molar-refractivity contribution in [3.05, 3.63) is 65.6 Å². The number of amides is 1. The standard InChI is InChI=1S/C19H17N3O5/c1-27-19(26)13-6-12(8-20-9-13)17(23)22-16(18(24)25)7-11-10-21-15-5-3-2-4-14(11)15/h2-6,8-10,16,21H,7H2,1H3,(H,22,23)(H,24,25)/t16-/m1/s1. The van der Waals surface area contributed by atoms with Crippen LogP contribution in [0.5, 0.6) is 0 Å². The summed E-state index contributed by atoms with van der Waals surface area (Å²) in [6.07, 6.45) is 4.36. The SMILES string of the molecule is COC(=O)c1cncc(C(=O)N[C@H](Cc2c[nH]c3ccccc23)C(=O)O)c1. The zero-order valence-corrected chi connectivity index (χ0v) is 14.4. The molecule has 0 spiro atoms. The van der Waals surface area contributed by atoms with Gasteiger partial charge < -0.3 is 20.1 Å². The van der Waals surface area contributed by atoms with Crippen LogP contribution in [0.25, 0.3) is 10.9 Å². The van der Waals surface area contributed by atoms with Crippen LogP contribution in [0.15, 0.2) is 48.9 Å². The fourth-order valence-electron chi connectivity index (χ4n) is 2.76. The van der Waals surface area contributed by atoms with E-state index in [1.54, 1.807) is 6.20 Å². The van der Waals surface area contributed by atoms with Gasteiger partial charge in [0.1, 0.15) is 6.04 Å². The summed E-state index contributed by atoms with van der Waals surface area (Å²) in [5, 5.41) is 12.9. The van der Waals surface area contributed by atoms with Crippen LogP contribution >= 0.6 is 0 Å². The minimum absolute atomic E-state index is 0.0723. The van der Waals surface area contributed by atoms with Gasteiger partial charge in [0, 0.05) is 35.9 Å². The number of para-hydroxylation sites is 1. The van der Waals surface area contributed by atoms with Crippen LogP contribution in [0.4, 0.5) is 0 Å². The number of aliphatic carboxylic acids is 1. The van der Waals surface area contributed by atoms with E-state index in [9.17, 15) is 19.5 Å². The Kier molecular flexibility index (Phi) is 5.16. The Morgan fingerprint density at radius 3 is 2.70 bits per heavy atom. The van der Waals surface area contributed by atoms with Crippen molar-refractivity contribution in [3.8, 4) is 0 Å². The van der Waals surface area contributed by atoms with Crippen LogP contribution in [0.2, 0.25) is 0 Å². The lowest BCUT2D eigenvalue weighted by Crippen LogP contribution is -2.42. The van der Waals surface area contributed by atoms with Crippen molar-refractivity contribution in [2.24, 2.45) is 0 Å². The van der Waals surface area contributed by atoms with Crippen LogP contribution in [0.1, 0.15) is 26.3 Å². The van der Waals surface area contributed by atoms with Crippen LogP contribution in [-0.4, -0.2) is 46.1 Å². The van der Waals surface area contributed by atoms with E-state index in [1.807, 2.05) is 24.3 Å². The van der Waals surface area contributed by atoms with Crippen molar-refractivity contribution in [1.29, 1.82) is 0 Å². The summed E-state index contributed by atoms with van der Waals surface area (Å²) in [4.78, 5) is 42.5. The molecular formula is C19H17N3O5. The smallest absolute Gasteiger partial charge is 0.339 e. The number of hydrogen-bond acceptors (Lipinski definition) is 5. The third-order valence-corrected chi connectivity index (χ3v) is 4.12. The summed E-state index contributed by atoms with van der Waals surface area (Å²) >= 11 is 0. The third kappa shape index (κ3) is 3.95. The number of aromatic nitrogens is 2. The molecular weight excluding hydrogens is 350 g/mol. The average molecular weight is 367 g/mol. The van der Waals surface area contributed by atoms with E-state index in [0.29, 0.717) is 0 Å². The van der Waals surface area contributed by atoms with Crippen molar-refractivity contribution >= 4 is 28.7 Å². The molecule has 0 saturated carbocycles. The Labute approximate surface area is 154 Å². The van der Waals surface area contributed by atoms with Gasteiger partial charge in [-0.3, -0.25) is 9.78 Å². The Balaban J connectivity index is 1.79. The Morgan fingerprint density at radius 1 is 1.22 bits per heavy atom. The number of carbonyl (C=O) groups is 3. The van der Waals surface area contributed by atoms with Crippen LogP contribution in [0.3, 0.4) is 0 Å². The number of nitrogens with zero attached hydrogens (tertiary/aromatic N) is 1. The number of carboxylic acid groups (broad SMARTS) is 1. The highest BCUT2D eigenvalue weighted by Crippen LogP contribution is 2.19. The lowest BCUT2D eigenvalue weighted by atomic mass is 10.0. The number of rotatable bonds is 6. The first-order valence-corrected chi connectivity index (χ1v) is 8.11. The molecule has 1 atom stereocenters. The van der Waals surface area contributed by atoms with E-state index in [2.05, 4.69) is 20.0 Å². The van der Waals surface area contributed by atoms with E-state index in [-0.39, 0.29) is 17.5 Å². The highest BCUT2D eigenvalue weighted by molar-refractivity contribution is 5.99. The Hall–Kier alpha value is -3.68. The van der Waals surface area contributed by atoms with Crippen LogP contribution in [-0.2, 0) is 16.0 Å². The molecule has 3 aromatic rings. The van der Waals surface area contributed by atoms with Gasteiger partial charge in [-0.1, -0.05) is 18.2 Å². The number of esters is 1. The van der Waals surface area contributed by atoms with Gasteiger partial charge in [0.15, 0.2) is 0 Å². The molecule has 3 rings (SSSR count). The lowest BCUT2D eigenvalue weighted by molar-refractivity contribution is -0.139. The molecule has 3 N–H and O–H groups in total. The predicted octanol–water partition coefficient (Wildman–Crippen LogP) is 1.78. The molecule has 0 aliphatic heterocycles. The molecule has 8 heteroatoms. The number of carboxylic acids is 1. The monoisotopic (exact) mass is 367 g/mol. The number of carbonyl (C=O) groups excluding carboxylic acids is 2. The minimum atomic E-state index is -1.16. The number of hydrogen-bond donors (Lipinski definition) is 3. The molecule has 0 bridgehead atoms. The second-order valence-corrected chi connectivity index (χ2v) is 5.88. The van der Waals surface area contributed by atoms with Gasteiger partial charge in [-0.2, -0.15) is 0 Å². The topological polar surface area (TPSA) is 121 Å². The van der Waals surface area contributed by atoms with Crippen LogP contribution < -0.4 is 5.32 Å². The Morgan fingerprint density at radius 2 is 1.96 bits per heavy atom. The highest BCUT2D eigenvalue weighted by Gasteiger charge is 2.23. The number of pyridine rings is 1. The molecule has 27 heavy (non-hydrogen) atoms. The maximum absolute atomic E-state index is 12.4. The molecule has 0 saturated heterocycles. The molecule has 2 aromatic heterocycles. The third-order valence-electron chi connectivity index (χ3n) is 4.12. The fraction of sp³-hybridized carbons (Fsp3) is 0.158. The largest absolute Gasteiger partial charge is 0.480 e. The predicted molar refractivity (Wildman–Crippen MR) is 96.5 cm³/mol. The average Bonchev–Trinajstić information content (AvgIpc) is 3.09. The summed E-state index contributed by atoms with van der Waals surface area (Å²) in [7, 11) is 1.22. The zero-order valence-electron chi connectivity index (χ0n) is 14.4. The maximum Gasteiger partial charge on any atom is 0.339 e. The molecule has 1 aromatic carbocycles. The number of methoxy groups -OCH3 is 1. The van der Waals surface area contributed by atoms with Crippen molar-refractivity contribution in [2.45, 2.75) is 12.5 Å². The second-order valence-electron chi connectivity index (χ2n) is 5.88. The molecule has 0 radical (unpaired) electrons. The highest BCUT2D eigenvalue weighted by atomic mass is 16.5. The second kappa shape index (κ2) is 7.69. The van der Waals surface area contributed by atoms with E-state index in [4.69, 9.17) is 0 Å². The number of benzene rings is 1. The summed E-state index contributed by atoms with van der Waals surface area (Å²) in [5.41, 5.74) is 1.84. The van der Waals surface area contributed by atoms with Crippen molar-refractivity contribution in [2.75, 3.05) is 7.11 Å². The minimum Gasteiger partial charge on any atom is -0.480 e. The molecule has 2 heterocycles. The number of nitrogens with one attached hydrogen (secondary N) is 2. The van der Waals surface area contributed by atoms with Gasteiger partial charge in [0.2, 0.25) is 0 Å². The normalized spacial score (nSPS) is 11.7. The number of aromatic amines is 1. The van der Waals surface area contributed by atoms with Crippen molar-refractivity contribution in [3.63, 3.8) is 0 Å². The molecule has 0 fully saturated rings. The van der Waals surface area contributed by atoms with Gasteiger partial charge in [0.05, 0.1) is 18.2 Å². The number of H-pyrrole nitrogens is 1. The summed E-state index contributed by atoms with van der Waals surface area (Å²) in [5.74, 6) is -2.43. The molecule has 0 aliphatic carbocycles. The van der Waals surface area contributed by atoms with Gasteiger partial charge in [0.25, 0.3) is 5.91 Å². The van der Waals surface area contributed by atoms with Crippen LogP contribution in [0, 0.1) is 0 Å². The summed E-state index contributed by atoms with van der Waals surface area (Å²) < 4.78 is 4.59. The quantitative estimate of drug-likeness (QED) is 0.571. The van der Waals surface area contributed by atoms with Crippen molar-refractivity contribution < 1.29 is 24.2 Å². The zero-order chi connectivity index (χ0) is 19.4. The van der Waals surface area contributed by atoms with E-state index in [1.165, 1.54) is 25.6 Å².